The summed E-state index contributed by atoms with van der Waals surface area (Å²) < 4.78 is 11.8. The van der Waals surface area contributed by atoms with Gasteiger partial charge in [-0.1, -0.05) is 50.2 Å². The van der Waals surface area contributed by atoms with Gasteiger partial charge in [-0.15, -0.1) is 0 Å². The molecule has 2 aliphatic heterocycles. The molecule has 0 saturated carbocycles. The SMILES string of the molecule is CC[C@H]1COC(c2ccccc2Nc2ccccc2Nc2ccccc2C2=N[C@@H](CC)CO2)=N1. The number of hydrogen-bond acceptors (Lipinski definition) is 6. The van der Waals surface area contributed by atoms with E-state index in [-0.39, 0.29) is 12.1 Å². The molecule has 0 aliphatic carbocycles. The molecule has 0 fully saturated rings. The van der Waals surface area contributed by atoms with Gasteiger partial charge >= 0.3 is 0 Å². The number of ether oxygens (including phenoxy) is 2. The van der Waals surface area contributed by atoms with Crippen LogP contribution in [-0.4, -0.2) is 37.1 Å². The van der Waals surface area contributed by atoms with Crippen LogP contribution in [0.1, 0.15) is 37.8 Å². The summed E-state index contributed by atoms with van der Waals surface area (Å²) >= 11 is 0. The Labute approximate surface area is 200 Å². The van der Waals surface area contributed by atoms with Gasteiger partial charge in [0.25, 0.3) is 0 Å². The predicted octanol–water partition coefficient (Wildman–Crippen LogP) is 6.28. The zero-order chi connectivity index (χ0) is 23.3. The van der Waals surface area contributed by atoms with Gasteiger partial charge in [-0.25, -0.2) is 9.98 Å². The van der Waals surface area contributed by atoms with Crippen LogP contribution >= 0.6 is 0 Å². The van der Waals surface area contributed by atoms with E-state index in [1.807, 2.05) is 48.5 Å². The fourth-order valence-corrected chi connectivity index (χ4v) is 4.09. The molecule has 5 rings (SSSR count). The first-order valence-electron chi connectivity index (χ1n) is 12.0. The van der Waals surface area contributed by atoms with E-state index in [1.165, 1.54) is 0 Å². The van der Waals surface area contributed by atoms with Crippen molar-refractivity contribution in [3.63, 3.8) is 0 Å². The molecule has 174 valence electrons. The predicted molar refractivity (Wildman–Crippen MR) is 139 cm³/mol. The third kappa shape index (κ3) is 4.62. The summed E-state index contributed by atoms with van der Waals surface area (Å²) in [5, 5.41) is 7.18. The number of nitrogens with one attached hydrogen (secondary N) is 2. The zero-order valence-electron chi connectivity index (χ0n) is 19.6. The van der Waals surface area contributed by atoms with Crippen molar-refractivity contribution in [2.45, 2.75) is 38.8 Å². The van der Waals surface area contributed by atoms with Crippen molar-refractivity contribution < 1.29 is 9.47 Å². The molecule has 2 heterocycles. The van der Waals surface area contributed by atoms with Gasteiger partial charge in [0.2, 0.25) is 11.8 Å². The second kappa shape index (κ2) is 10.00. The van der Waals surface area contributed by atoms with Crippen LogP contribution in [0, 0.1) is 0 Å². The highest BCUT2D eigenvalue weighted by molar-refractivity contribution is 6.03. The quantitative estimate of drug-likeness (QED) is 0.420. The van der Waals surface area contributed by atoms with Crippen molar-refractivity contribution in [3.05, 3.63) is 83.9 Å². The van der Waals surface area contributed by atoms with Crippen molar-refractivity contribution in [2.75, 3.05) is 23.8 Å². The van der Waals surface area contributed by atoms with Crippen LogP contribution in [0.2, 0.25) is 0 Å². The van der Waals surface area contributed by atoms with Crippen molar-refractivity contribution >= 4 is 34.5 Å². The van der Waals surface area contributed by atoms with E-state index in [2.05, 4.69) is 48.7 Å². The minimum atomic E-state index is 0.224. The summed E-state index contributed by atoms with van der Waals surface area (Å²) in [6.45, 7) is 5.55. The van der Waals surface area contributed by atoms with E-state index in [0.717, 1.165) is 46.7 Å². The van der Waals surface area contributed by atoms with E-state index < -0.39 is 0 Å². The topological polar surface area (TPSA) is 67.2 Å². The van der Waals surface area contributed by atoms with E-state index in [0.29, 0.717) is 25.0 Å². The normalized spacial score (nSPS) is 19.1. The Morgan fingerprint density at radius 1 is 0.618 bits per heavy atom. The molecular formula is C28H30N4O2. The van der Waals surface area contributed by atoms with Gasteiger partial charge in [0.1, 0.15) is 13.2 Å². The second-order valence-electron chi connectivity index (χ2n) is 8.50. The largest absolute Gasteiger partial charge is 0.475 e. The van der Waals surface area contributed by atoms with Gasteiger partial charge in [-0.2, -0.15) is 0 Å². The summed E-state index contributed by atoms with van der Waals surface area (Å²) in [7, 11) is 0. The molecule has 6 heteroatoms. The Morgan fingerprint density at radius 2 is 1.00 bits per heavy atom. The van der Waals surface area contributed by atoms with E-state index in [1.54, 1.807) is 0 Å². The van der Waals surface area contributed by atoms with Crippen LogP contribution in [-0.2, 0) is 9.47 Å². The molecule has 0 spiro atoms. The molecule has 0 radical (unpaired) electrons. The number of hydrogen-bond donors (Lipinski definition) is 2. The molecule has 6 nitrogen and oxygen atoms in total. The Balaban J connectivity index is 1.43. The minimum absolute atomic E-state index is 0.224. The van der Waals surface area contributed by atoms with Crippen molar-refractivity contribution in [3.8, 4) is 0 Å². The van der Waals surface area contributed by atoms with Crippen LogP contribution in [0.3, 0.4) is 0 Å². The van der Waals surface area contributed by atoms with Crippen LogP contribution in [0.15, 0.2) is 82.8 Å². The van der Waals surface area contributed by atoms with Gasteiger partial charge in [-0.3, -0.25) is 0 Å². The average molecular weight is 455 g/mol. The number of anilines is 4. The first-order chi connectivity index (χ1) is 16.7. The van der Waals surface area contributed by atoms with Crippen LogP contribution < -0.4 is 10.6 Å². The Morgan fingerprint density at radius 3 is 1.38 bits per heavy atom. The fraction of sp³-hybridized carbons (Fsp3) is 0.286. The molecule has 0 unspecified atom stereocenters. The smallest absolute Gasteiger partial charge is 0.218 e. The molecule has 0 amide bonds. The summed E-state index contributed by atoms with van der Waals surface area (Å²) in [5.74, 6) is 1.40. The number of aliphatic imine (C=N–C) groups is 2. The van der Waals surface area contributed by atoms with Gasteiger partial charge in [0.05, 0.1) is 46.0 Å². The van der Waals surface area contributed by atoms with Crippen LogP contribution in [0.4, 0.5) is 22.7 Å². The maximum Gasteiger partial charge on any atom is 0.218 e. The summed E-state index contributed by atoms with van der Waals surface area (Å²) in [6.07, 6.45) is 1.94. The molecule has 2 N–H and O–H groups in total. The van der Waals surface area contributed by atoms with Crippen LogP contribution in [0.5, 0.6) is 0 Å². The third-order valence-electron chi connectivity index (χ3n) is 6.15. The maximum atomic E-state index is 5.90. The lowest BCUT2D eigenvalue weighted by molar-refractivity contribution is 0.315. The number of nitrogens with zero attached hydrogens (tertiary/aromatic N) is 2. The highest BCUT2D eigenvalue weighted by Gasteiger charge is 2.22. The first-order valence-corrected chi connectivity index (χ1v) is 12.0. The van der Waals surface area contributed by atoms with Crippen LogP contribution in [0.25, 0.3) is 0 Å². The molecule has 0 saturated heterocycles. The van der Waals surface area contributed by atoms with Crippen molar-refractivity contribution in [2.24, 2.45) is 9.98 Å². The minimum Gasteiger partial charge on any atom is -0.475 e. The number of benzene rings is 3. The molecule has 0 aromatic heterocycles. The monoisotopic (exact) mass is 454 g/mol. The second-order valence-corrected chi connectivity index (χ2v) is 8.50. The molecule has 0 bridgehead atoms. The van der Waals surface area contributed by atoms with E-state index >= 15 is 0 Å². The summed E-state index contributed by atoms with van der Waals surface area (Å²) in [4.78, 5) is 9.50. The van der Waals surface area contributed by atoms with Gasteiger partial charge in [0.15, 0.2) is 0 Å². The summed E-state index contributed by atoms with van der Waals surface area (Å²) in [5.41, 5.74) is 5.75. The zero-order valence-corrected chi connectivity index (χ0v) is 19.6. The lowest BCUT2D eigenvalue weighted by atomic mass is 10.1. The molecule has 3 aromatic rings. The van der Waals surface area contributed by atoms with Gasteiger partial charge < -0.3 is 20.1 Å². The Hall–Kier alpha value is -3.80. The highest BCUT2D eigenvalue weighted by atomic mass is 16.5. The first kappa shape index (κ1) is 22.0. The lowest BCUT2D eigenvalue weighted by Gasteiger charge is -2.17. The Kier molecular flexibility index (Phi) is 6.47. The van der Waals surface area contributed by atoms with E-state index in [4.69, 9.17) is 19.5 Å². The van der Waals surface area contributed by atoms with E-state index in [9.17, 15) is 0 Å². The molecule has 34 heavy (non-hydrogen) atoms. The average Bonchev–Trinajstić information content (AvgIpc) is 3.56. The highest BCUT2D eigenvalue weighted by Crippen LogP contribution is 2.32. The number of rotatable bonds is 8. The van der Waals surface area contributed by atoms with Crippen molar-refractivity contribution in [1.82, 2.24) is 0 Å². The standard InChI is InChI=1S/C28H30N4O2/c1-3-19-17-33-27(29-19)21-11-5-7-13-23(21)31-25-15-9-10-16-26(25)32-24-14-8-6-12-22(24)28-30-20(4-2)18-34-28/h5-16,19-20,31-32H,3-4,17-18H2,1-2H3/t19-,20-/m0/s1. The molecule has 2 atom stereocenters. The fourth-order valence-electron chi connectivity index (χ4n) is 4.09. The van der Waals surface area contributed by atoms with Gasteiger partial charge in [0, 0.05) is 0 Å². The van der Waals surface area contributed by atoms with Crippen molar-refractivity contribution in [1.29, 1.82) is 0 Å². The van der Waals surface area contributed by atoms with Gasteiger partial charge in [-0.05, 0) is 49.2 Å². The Bertz CT molecular complexity index is 1130. The lowest BCUT2D eigenvalue weighted by Crippen LogP contribution is -2.08. The molecule has 2 aliphatic rings. The third-order valence-corrected chi connectivity index (χ3v) is 6.15. The summed E-state index contributed by atoms with van der Waals surface area (Å²) in [6, 6.07) is 24.9. The maximum absolute atomic E-state index is 5.90. The molecule has 3 aromatic carbocycles. The number of para-hydroxylation sites is 4. The molecular weight excluding hydrogens is 424 g/mol.